The van der Waals surface area contributed by atoms with Crippen LogP contribution in [0.2, 0.25) is 0 Å². The molecule has 0 aromatic heterocycles. The number of hydrogen-bond donors (Lipinski definition) is 3. The number of carbonyl (C=O) groups excluding carboxylic acids is 1. The summed E-state index contributed by atoms with van der Waals surface area (Å²) < 4.78 is 0. The highest BCUT2D eigenvalue weighted by Gasteiger charge is 2.10. The van der Waals surface area contributed by atoms with Crippen LogP contribution >= 0.6 is 0 Å². The minimum Gasteiger partial charge on any atom is -0.508 e. The van der Waals surface area contributed by atoms with Gasteiger partial charge in [-0.2, -0.15) is 0 Å². The van der Waals surface area contributed by atoms with Crippen LogP contribution in [0, 0.1) is 6.92 Å². The second kappa shape index (κ2) is 5.16. The van der Waals surface area contributed by atoms with Crippen LogP contribution in [-0.2, 0) is 4.79 Å². The molecule has 0 aliphatic carbocycles. The fraction of sp³-hybridized carbons (Fsp3) is 0.273. The smallest absolute Gasteiger partial charge is 0.305 e. The molecular formula is C11H13NO4. The number of rotatable bonds is 4. The molecule has 16 heavy (non-hydrogen) atoms. The Morgan fingerprint density at radius 1 is 1.38 bits per heavy atom. The van der Waals surface area contributed by atoms with Gasteiger partial charge >= 0.3 is 5.97 Å². The minimum atomic E-state index is -0.965. The van der Waals surface area contributed by atoms with Crippen molar-refractivity contribution in [1.82, 2.24) is 5.32 Å². The molecule has 0 saturated carbocycles. The van der Waals surface area contributed by atoms with E-state index in [2.05, 4.69) is 5.32 Å². The summed E-state index contributed by atoms with van der Waals surface area (Å²) in [5.74, 6) is -1.30. The van der Waals surface area contributed by atoms with Crippen molar-refractivity contribution in [3.63, 3.8) is 0 Å². The molecule has 86 valence electrons. The van der Waals surface area contributed by atoms with Gasteiger partial charge in [0.05, 0.1) is 6.42 Å². The fourth-order valence-electron chi connectivity index (χ4n) is 1.25. The zero-order valence-electron chi connectivity index (χ0n) is 8.86. The van der Waals surface area contributed by atoms with Crippen LogP contribution in [0.4, 0.5) is 0 Å². The number of hydrogen-bond acceptors (Lipinski definition) is 3. The third-order valence-electron chi connectivity index (χ3n) is 2.17. The maximum absolute atomic E-state index is 11.6. The summed E-state index contributed by atoms with van der Waals surface area (Å²) in [7, 11) is 0. The number of nitrogens with one attached hydrogen (secondary N) is 1. The van der Waals surface area contributed by atoms with E-state index in [0.29, 0.717) is 11.1 Å². The Kier molecular flexibility index (Phi) is 3.88. The van der Waals surface area contributed by atoms with E-state index in [9.17, 15) is 14.7 Å². The van der Waals surface area contributed by atoms with Gasteiger partial charge in [-0.3, -0.25) is 9.59 Å². The Bertz CT molecular complexity index is 414. The fourth-order valence-corrected chi connectivity index (χ4v) is 1.25. The number of aromatic hydroxyl groups is 1. The van der Waals surface area contributed by atoms with Crippen LogP contribution in [0.25, 0.3) is 0 Å². The van der Waals surface area contributed by atoms with Gasteiger partial charge in [0.2, 0.25) is 0 Å². The zero-order valence-corrected chi connectivity index (χ0v) is 8.86. The standard InChI is InChI=1S/C11H13NO4/c1-7-8(3-2-4-9(7)13)11(16)12-6-5-10(14)15/h2-4,13H,5-6H2,1H3,(H,12,16)(H,14,15). The molecule has 0 spiro atoms. The Morgan fingerprint density at radius 3 is 2.69 bits per heavy atom. The lowest BCUT2D eigenvalue weighted by Gasteiger charge is -2.07. The monoisotopic (exact) mass is 223 g/mol. The lowest BCUT2D eigenvalue weighted by Crippen LogP contribution is -2.26. The first-order valence-corrected chi connectivity index (χ1v) is 4.81. The Hall–Kier alpha value is -2.04. The van der Waals surface area contributed by atoms with Gasteiger partial charge in [-0.15, -0.1) is 0 Å². The quantitative estimate of drug-likeness (QED) is 0.708. The number of aliphatic carboxylic acids is 1. The lowest BCUT2D eigenvalue weighted by atomic mass is 10.1. The zero-order chi connectivity index (χ0) is 12.1. The summed E-state index contributed by atoms with van der Waals surface area (Å²) >= 11 is 0. The van der Waals surface area contributed by atoms with E-state index in [4.69, 9.17) is 5.11 Å². The van der Waals surface area contributed by atoms with Crippen molar-refractivity contribution in [3.8, 4) is 5.75 Å². The summed E-state index contributed by atoms with van der Waals surface area (Å²) in [6.45, 7) is 1.70. The number of benzene rings is 1. The van der Waals surface area contributed by atoms with Crippen LogP contribution in [-0.4, -0.2) is 28.6 Å². The molecule has 0 fully saturated rings. The third-order valence-corrected chi connectivity index (χ3v) is 2.17. The van der Waals surface area contributed by atoms with Gasteiger partial charge in [0.1, 0.15) is 5.75 Å². The maximum Gasteiger partial charge on any atom is 0.305 e. The summed E-state index contributed by atoms with van der Waals surface area (Å²) in [5.41, 5.74) is 0.834. The predicted molar refractivity (Wildman–Crippen MR) is 57.4 cm³/mol. The van der Waals surface area contributed by atoms with Crippen molar-refractivity contribution >= 4 is 11.9 Å². The van der Waals surface area contributed by atoms with Crippen molar-refractivity contribution in [3.05, 3.63) is 29.3 Å². The molecular weight excluding hydrogens is 210 g/mol. The summed E-state index contributed by atoms with van der Waals surface area (Å²) in [6, 6.07) is 4.63. The third kappa shape index (κ3) is 2.98. The average Bonchev–Trinajstić information content (AvgIpc) is 2.21. The van der Waals surface area contributed by atoms with E-state index >= 15 is 0 Å². The van der Waals surface area contributed by atoms with Gasteiger partial charge in [-0.05, 0) is 19.1 Å². The average molecular weight is 223 g/mol. The van der Waals surface area contributed by atoms with E-state index in [1.54, 1.807) is 19.1 Å². The molecule has 0 atom stereocenters. The molecule has 1 aromatic rings. The van der Waals surface area contributed by atoms with E-state index in [1.165, 1.54) is 6.07 Å². The first kappa shape index (κ1) is 12.0. The van der Waals surface area contributed by atoms with Gasteiger partial charge in [-0.1, -0.05) is 6.07 Å². The highest BCUT2D eigenvalue weighted by atomic mass is 16.4. The highest BCUT2D eigenvalue weighted by Crippen LogP contribution is 2.19. The number of carboxylic acid groups (broad SMARTS) is 1. The second-order valence-corrected chi connectivity index (χ2v) is 3.35. The van der Waals surface area contributed by atoms with Gasteiger partial charge in [0.25, 0.3) is 5.91 Å². The molecule has 3 N–H and O–H groups in total. The molecule has 0 heterocycles. The summed E-state index contributed by atoms with van der Waals surface area (Å²) in [4.78, 5) is 21.8. The Balaban J connectivity index is 2.66. The molecule has 0 unspecified atom stereocenters. The van der Waals surface area contributed by atoms with Crippen molar-refractivity contribution in [1.29, 1.82) is 0 Å². The lowest BCUT2D eigenvalue weighted by molar-refractivity contribution is -0.136. The van der Waals surface area contributed by atoms with Crippen LogP contribution in [0.1, 0.15) is 22.3 Å². The van der Waals surface area contributed by atoms with E-state index in [-0.39, 0.29) is 24.6 Å². The van der Waals surface area contributed by atoms with E-state index in [1.807, 2.05) is 0 Å². The topological polar surface area (TPSA) is 86.6 Å². The molecule has 1 amide bonds. The van der Waals surface area contributed by atoms with Crippen LogP contribution < -0.4 is 5.32 Å². The van der Waals surface area contributed by atoms with E-state index in [0.717, 1.165) is 0 Å². The largest absolute Gasteiger partial charge is 0.508 e. The molecule has 5 heteroatoms. The van der Waals surface area contributed by atoms with Crippen LogP contribution in [0.3, 0.4) is 0 Å². The maximum atomic E-state index is 11.6. The Labute approximate surface area is 92.7 Å². The molecule has 0 bridgehead atoms. The SMILES string of the molecule is Cc1c(O)cccc1C(=O)NCCC(=O)O. The normalized spacial score (nSPS) is 9.81. The van der Waals surface area contributed by atoms with Crippen molar-refractivity contribution in [2.24, 2.45) is 0 Å². The second-order valence-electron chi connectivity index (χ2n) is 3.35. The van der Waals surface area contributed by atoms with Gasteiger partial charge < -0.3 is 15.5 Å². The Morgan fingerprint density at radius 2 is 2.06 bits per heavy atom. The van der Waals surface area contributed by atoms with Gasteiger partial charge in [0, 0.05) is 17.7 Å². The number of amides is 1. The number of carboxylic acids is 1. The molecule has 1 rings (SSSR count). The first-order chi connectivity index (χ1) is 7.52. The van der Waals surface area contributed by atoms with Crippen molar-refractivity contribution < 1.29 is 19.8 Å². The highest BCUT2D eigenvalue weighted by molar-refractivity contribution is 5.96. The van der Waals surface area contributed by atoms with Crippen molar-refractivity contribution in [2.45, 2.75) is 13.3 Å². The summed E-state index contributed by atoms with van der Waals surface area (Å²) in [5, 5.41) is 20.3. The molecule has 5 nitrogen and oxygen atoms in total. The van der Waals surface area contributed by atoms with Crippen LogP contribution in [0.5, 0.6) is 5.75 Å². The number of phenolic OH excluding ortho intramolecular Hbond substituents is 1. The molecule has 1 aromatic carbocycles. The number of phenols is 1. The van der Waals surface area contributed by atoms with Crippen LogP contribution in [0.15, 0.2) is 18.2 Å². The minimum absolute atomic E-state index is 0.0471. The number of carbonyl (C=O) groups is 2. The summed E-state index contributed by atoms with van der Waals surface area (Å²) in [6.07, 6.45) is -0.121. The van der Waals surface area contributed by atoms with Gasteiger partial charge in [-0.25, -0.2) is 0 Å². The molecule has 0 radical (unpaired) electrons. The molecule has 0 aliphatic rings. The van der Waals surface area contributed by atoms with E-state index < -0.39 is 5.97 Å². The molecule has 0 aliphatic heterocycles. The first-order valence-electron chi connectivity index (χ1n) is 4.81. The van der Waals surface area contributed by atoms with Crippen molar-refractivity contribution in [2.75, 3.05) is 6.54 Å². The molecule has 0 saturated heterocycles. The van der Waals surface area contributed by atoms with Gasteiger partial charge in [0.15, 0.2) is 0 Å². The predicted octanol–water partition coefficient (Wildman–Crippen LogP) is 0.905.